The Morgan fingerprint density at radius 2 is 1.94 bits per heavy atom. The highest BCUT2D eigenvalue weighted by atomic mass is 16.5. The van der Waals surface area contributed by atoms with Crippen LogP contribution in [0.2, 0.25) is 0 Å². The molecule has 0 saturated heterocycles. The summed E-state index contributed by atoms with van der Waals surface area (Å²) in [4.78, 5) is 4.30. The zero-order chi connectivity index (χ0) is 12.8. The van der Waals surface area contributed by atoms with Gasteiger partial charge in [-0.3, -0.25) is 0 Å². The van der Waals surface area contributed by atoms with Crippen LogP contribution >= 0.6 is 0 Å². The van der Waals surface area contributed by atoms with Crippen LogP contribution in [0.4, 0.5) is 0 Å². The highest BCUT2D eigenvalue weighted by Crippen LogP contribution is 2.19. The van der Waals surface area contributed by atoms with Crippen molar-refractivity contribution in [3.05, 3.63) is 59.8 Å². The first-order valence-corrected chi connectivity index (χ1v) is 6.10. The molecule has 0 aliphatic rings. The van der Waals surface area contributed by atoms with Gasteiger partial charge in [-0.2, -0.15) is 0 Å². The molecule has 0 fully saturated rings. The largest absolute Gasteiger partial charge is 0.470 e. The van der Waals surface area contributed by atoms with Crippen molar-refractivity contribution < 1.29 is 4.74 Å². The quantitative estimate of drug-likeness (QED) is 0.875. The van der Waals surface area contributed by atoms with E-state index in [0.717, 1.165) is 17.7 Å². The predicted molar refractivity (Wildman–Crippen MR) is 72.5 cm³/mol. The van der Waals surface area contributed by atoms with E-state index in [4.69, 9.17) is 4.74 Å². The monoisotopic (exact) mass is 242 g/mol. The standard InChI is InChI=1S/C15H18N2O/c1-12(14-6-4-3-5-7-14)18-15-9-8-13(10-16-2)11-17-15/h3-9,11-12,16H,10H2,1-2H3. The molecule has 0 bridgehead atoms. The van der Waals surface area contributed by atoms with Gasteiger partial charge in [0.25, 0.3) is 0 Å². The fourth-order valence-electron chi connectivity index (χ4n) is 1.76. The van der Waals surface area contributed by atoms with Crippen molar-refractivity contribution in [3.8, 4) is 5.88 Å². The Balaban J connectivity index is 2.01. The van der Waals surface area contributed by atoms with Crippen LogP contribution in [0.1, 0.15) is 24.2 Å². The van der Waals surface area contributed by atoms with Crippen LogP contribution in [-0.4, -0.2) is 12.0 Å². The number of hydrogen-bond donors (Lipinski definition) is 1. The molecule has 0 amide bonds. The summed E-state index contributed by atoms with van der Waals surface area (Å²) in [6, 6.07) is 14.1. The molecule has 0 aliphatic heterocycles. The van der Waals surface area contributed by atoms with Crippen LogP contribution in [-0.2, 0) is 6.54 Å². The van der Waals surface area contributed by atoms with Gasteiger partial charge in [0, 0.05) is 18.8 Å². The maximum atomic E-state index is 5.80. The van der Waals surface area contributed by atoms with Crippen LogP contribution in [0, 0.1) is 0 Å². The van der Waals surface area contributed by atoms with Gasteiger partial charge in [0.2, 0.25) is 5.88 Å². The van der Waals surface area contributed by atoms with Crippen LogP contribution < -0.4 is 10.1 Å². The number of benzene rings is 1. The summed E-state index contributed by atoms with van der Waals surface area (Å²) in [5.41, 5.74) is 2.30. The summed E-state index contributed by atoms with van der Waals surface area (Å²) in [6.45, 7) is 2.85. The smallest absolute Gasteiger partial charge is 0.213 e. The summed E-state index contributed by atoms with van der Waals surface area (Å²) >= 11 is 0. The topological polar surface area (TPSA) is 34.1 Å². The van der Waals surface area contributed by atoms with Gasteiger partial charge in [-0.25, -0.2) is 4.98 Å². The Morgan fingerprint density at radius 1 is 1.17 bits per heavy atom. The zero-order valence-electron chi connectivity index (χ0n) is 10.8. The molecule has 1 unspecified atom stereocenters. The average molecular weight is 242 g/mol. The number of aromatic nitrogens is 1. The van der Waals surface area contributed by atoms with Crippen molar-refractivity contribution in [1.29, 1.82) is 0 Å². The third kappa shape index (κ3) is 3.31. The van der Waals surface area contributed by atoms with E-state index in [1.54, 1.807) is 0 Å². The van der Waals surface area contributed by atoms with E-state index in [-0.39, 0.29) is 6.10 Å². The lowest BCUT2D eigenvalue weighted by Crippen LogP contribution is -2.07. The lowest BCUT2D eigenvalue weighted by molar-refractivity contribution is 0.217. The second-order valence-corrected chi connectivity index (χ2v) is 4.21. The minimum atomic E-state index is 0.00819. The molecule has 0 aliphatic carbocycles. The Morgan fingerprint density at radius 3 is 2.56 bits per heavy atom. The molecule has 1 aromatic carbocycles. The zero-order valence-corrected chi connectivity index (χ0v) is 10.8. The molecule has 0 saturated carbocycles. The normalized spacial score (nSPS) is 12.1. The molecule has 1 atom stereocenters. The first-order valence-electron chi connectivity index (χ1n) is 6.10. The van der Waals surface area contributed by atoms with Crippen molar-refractivity contribution in [1.82, 2.24) is 10.3 Å². The van der Waals surface area contributed by atoms with Crippen LogP contribution in [0.3, 0.4) is 0 Å². The van der Waals surface area contributed by atoms with Crippen LogP contribution in [0.15, 0.2) is 48.7 Å². The minimum absolute atomic E-state index is 0.00819. The highest BCUT2D eigenvalue weighted by molar-refractivity contribution is 5.21. The summed E-state index contributed by atoms with van der Waals surface area (Å²) in [5.74, 6) is 0.659. The predicted octanol–water partition coefficient (Wildman–Crippen LogP) is 2.94. The number of ether oxygens (including phenoxy) is 1. The Bertz CT molecular complexity index is 468. The van der Waals surface area contributed by atoms with E-state index in [2.05, 4.69) is 22.4 Å². The van der Waals surface area contributed by atoms with E-state index in [1.807, 2.05) is 50.5 Å². The van der Waals surface area contributed by atoms with Gasteiger partial charge in [0.15, 0.2) is 0 Å². The van der Waals surface area contributed by atoms with Gasteiger partial charge in [-0.15, -0.1) is 0 Å². The third-order valence-electron chi connectivity index (χ3n) is 2.75. The van der Waals surface area contributed by atoms with Crippen molar-refractivity contribution in [2.24, 2.45) is 0 Å². The Kier molecular flexibility index (Phi) is 4.31. The van der Waals surface area contributed by atoms with Crippen molar-refractivity contribution in [2.45, 2.75) is 19.6 Å². The summed E-state index contributed by atoms with van der Waals surface area (Å²) in [7, 11) is 1.92. The molecule has 2 rings (SSSR count). The molecule has 1 aromatic heterocycles. The molecule has 3 nitrogen and oxygen atoms in total. The van der Waals surface area contributed by atoms with E-state index in [0.29, 0.717) is 5.88 Å². The van der Waals surface area contributed by atoms with Gasteiger partial charge in [0.05, 0.1) is 0 Å². The molecule has 2 aromatic rings. The number of nitrogens with zero attached hydrogens (tertiary/aromatic N) is 1. The van der Waals surface area contributed by atoms with Gasteiger partial charge < -0.3 is 10.1 Å². The molecule has 0 spiro atoms. The lowest BCUT2D eigenvalue weighted by atomic mass is 10.1. The van der Waals surface area contributed by atoms with Crippen molar-refractivity contribution in [2.75, 3.05) is 7.05 Å². The van der Waals surface area contributed by atoms with Crippen LogP contribution in [0.5, 0.6) is 5.88 Å². The molecule has 0 radical (unpaired) electrons. The van der Waals surface area contributed by atoms with E-state index in [9.17, 15) is 0 Å². The number of pyridine rings is 1. The lowest BCUT2D eigenvalue weighted by Gasteiger charge is -2.14. The van der Waals surface area contributed by atoms with Gasteiger partial charge in [0.1, 0.15) is 6.10 Å². The first kappa shape index (κ1) is 12.6. The number of rotatable bonds is 5. The van der Waals surface area contributed by atoms with Crippen molar-refractivity contribution >= 4 is 0 Å². The molecular weight excluding hydrogens is 224 g/mol. The van der Waals surface area contributed by atoms with Gasteiger partial charge in [-0.1, -0.05) is 36.4 Å². The second-order valence-electron chi connectivity index (χ2n) is 4.21. The molecule has 1 heterocycles. The summed E-state index contributed by atoms with van der Waals surface area (Å²) < 4.78 is 5.80. The molecular formula is C15H18N2O. The minimum Gasteiger partial charge on any atom is -0.470 e. The van der Waals surface area contributed by atoms with Crippen molar-refractivity contribution in [3.63, 3.8) is 0 Å². The Labute approximate surface area is 108 Å². The molecule has 18 heavy (non-hydrogen) atoms. The van der Waals surface area contributed by atoms with E-state index in [1.165, 1.54) is 0 Å². The molecule has 3 heteroatoms. The number of hydrogen-bond acceptors (Lipinski definition) is 3. The average Bonchev–Trinajstić information content (AvgIpc) is 2.42. The maximum absolute atomic E-state index is 5.80. The molecule has 94 valence electrons. The fourth-order valence-corrected chi connectivity index (χ4v) is 1.76. The third-order valence-corrected chi connectivity index (χ3v) is 2.75. The number of nitrogens with one attached hydrogen (secondary N) is 1. The van der Waals surface area contributed by atoms with Crippen LogP contribution in [0.25, 0.3) is 0 Å². The Hall–Kier alpha value is -1.87. The second kappa shape index (κ2) is 6.17. The van der Waals surface area contributed by atoms with Gasteiger partial charge in [-0.05, 0) is 25.1 Å². The van der Waals surface area contributed by atoms with E-state index < -0.39 is 0 Å². The maximum Gasteiger partial charge on any atom is 0.213 e. The van der Waals surface area contributed by atoms with Gasteiger partial charge >= 0.3 is 0 Å². The SMILES string of the molecule is CNCc1ccc(OC(C)c2ccccc2)nc1. The first-order chi connectivity index (χ1) is 8.79. The highest BCUT2D eigenvalue weighted by Gasteiger charge is 2.07. The molecule has 1 N–H and O–H groups in total. The summed E-state index contributed by atoms with van der Waals surface area (Å²) in [5, 5.41) is 3.09. The van der Waals surface area contributed by atoms with E-state index >= 15 is 0 Å². The summed E-state index contributed by atoms with van der Waals surface area (Å²) in [6.07, 6.45) is 1.85. The fraction of sp³-hybridized carbons (Fsp3) is 0.267.